The Morgan fingerprint density at radius 1 is 1.42 bits per heavy atom. The third-order valence-corrected chi connectivity index (χ3v) is 4.55. The second-order valence-corrected chi connectivity index (χ2v) is 6.33. The topological polar surface area (TPSA) is 41.3 Å². The lowest BCUT2D eigenvalue weighted by Crippen LogP contribution is -2.36. The molecule has 1 aromatic heterocycles. The Hall–Kier alpha value is -0.870. The lowest BCUT2D eigenvalue weighted by atomic mass is 10.1. The zero-order chi connectivity index (χ0) is 13.4. The molecule has 0 aromatic carbocycles. The molecule has 3 rings (SSSR count). The Morgan fingerprint density at radius 3 is 3.05 bits per heavy atom. The second kappa shape index (κ2) is 5.25. The van der Waals surface area contributed by atoms with Gasteiger partial charge >= 0.3 is 0 Å². The van der Waals surface area contributed by atoms with Crippen LogP contribution in [0.1, 0.15) is 44.6 Å². The van der Waals surface area contributed by atoms with Crippen LogP contribution in [0, 0.1) is 0 Å². The van der Waals surface area contributed by atoms with Gasteiger partial charge in [-0.3, -0.25) is 4.90 Å². The zero-order valence-electron chi connectivity index (χ0n) is 12.0. The molecule has 2 unspecified atom stereocenters. The van der Waals surface area contributed by atoms with Crippen molar-refractivity contribution < 1.29 is 5.11 Å². The summed E-state index contributed by atoms with van der Waals surface area (Å²) in [4.78, 5) is 7.37. The summed E-state index contributed by atoms with van der Waals surface area (Å²) >= 11 is 0. The SMILES string of the molecule is CC(C)N1CCCC1Cc1cn2c(n1)CCC(O)C2. The van der Waals surface area contributed by atoms with Crippen LogP contribution in [0.15, 0.2) is 6.20 Å². The van der Waals surface area contributed by atoms with Crippen LogP contribution in [0.25, 0.3) is 0 Å². The van der Waals surface area contributed by atoms with Gasteiger partial charge in [0, 0.05) is 37.7 Å². The summed E-state index contributed by atoms with van der Waals surface area (Å²) in [6, 6.07) is 1.29. The van der Waals surface area contributed by atoms with Crippen LogP contribution in [-0.2, 0) is 19.4 Å². The number of imidazole rings is 1. The highest BCUT2D eigenvalue weighted by Gasteiger charge is 2.28. The van der Waals surface area contributed by atoms with Gasteiger partial charge in [-0.25, -0.2) is 4.98 Å². The van der Waals surface area contributed by atoms with Crippen molar-refractivity contribution in [3.8, 4) is 0 Å². The third kappa shape index (κ3) is 2.70. The molecule has 0 spiro atoms. The maximum absolute atomic E-state index is 9.71. The monoisotopic (exact) mass is 263 g/mol. The average molecular weight is 263 g/mol. The quantitative estimate of drug-likeness (QED) is 0.900. The molecule has 4 nitrogen and oxygen atoms in total. The fraction of sp³-hybridized carbons (Fsp3) is 0.800. The van der Waals surface area contributed by atoms with E-state index in [1.54, 1.807) is 0 Å². The first-order valence-electron chi connectivity index (χ1n) is 7.62. The molecule has 1 fully saturated rings. The number of hydrogen-bond donors (Lipinski definition) is 1. The molecule has 0 amide bonds. The Morgan fingerprint density at radius 2 is 2.26 bits per heavy atom. The summed E-state index contributed by atoms with van der Waals surface area (Å²) in [6.45, 7) is 6.52. The van der Waals surface area contributed by atoms with Gasteiger partial charge < -0.3 is 9.67 Å². The molecule has 2 atom stereocenters. The molecule has 2 aliphatic heterocycles. The second-order valence-electron chi connectivity index (χ2n) is 6.33. The molecule has 2 aliphatic rings. The van der Waals surface area contributed by atoms with Crippen LogP contribution >= 0.6 is 0 Å². The van der Waals surface area contributed by atoms with E-state index in [1.807, 2.05) is 0 Å². The van der Waals surface area contributed by atoms with E-state index in [-0.39, 0.29) is 6.10 Å². The first-order valence-corrected chi connectivity index (χ1v) is 7.62. The maximum Gasteiger partial charge on any atom is 0.109 e. The summed E-state index contributed by atoms with van der Waals surface area (Å²) in [5.74, 6) is 1.16. The standard InChI is InChI=1S/C15H25N3O/c1-11(2)18-7-3-4-13(18)8-12-9-17-10-14(19)5-6-15(17)16-12/h9,11,13-14,19H,3-8,10H2,1-2H3. The molecule has 106 valence electrons. The molecule has 1 aromatic rings. The van der Waals surface area contributed by atoms with Crippen molar-refractivity contribution in [1.82, 2.24) is 14.5 Å². The first kappa shape index (κ1) is 13.1. The largest absolute Gasteiger partial charge is 0.391 e. The van der Waals surface area contributed by atoms with Gasteiger partial charge in [-0.15, -0.1) is 0 Å². The van der Waals surface area contributed by atoms with Crippen LogP contribution in [0.2, 0.25) is 0 Å². The first-order chi connectivity index (χ1) is 9.13. The minimum absolute atomic E-state index is 0.187. The Labute approximate surface area is 115 Å². The van der Waals surface area contributed by atoms with Gasteiger partial charge in [0.1, 0.15) is 5.82 Å². The van der Waals surface area contributed by atoms with E-state index in [0.29, 0.717) is 12.1 Å². The van der Waals surface area contributed by atoms with E-state index in [0.717, 1.165) is 31.6 Å². The Kier molecular flexibility index (Phi) is 3.63. The van der Waals surface area contributed by atoms with E-state index in [2.05, 4.69) is 29.5 Å². The number of rotatable bonds is 3. The number of hydrogen-bond acceptors (Lipinski definition) is 3. The van der Waals surface area contributed by atoms with Crippen LogP contribution in [-0.4, -0.2) is 44.3 Å². The molecular weight excluding hydrogens is 238 g/mol. The number of aryl methyl sites for hydroxylation is 1. The van der Waals surface area contributed by atoms with Crippen molar-refractivity contribution >= 4 is 0 Å². The molecule has 4 heteroatoms. The summed E-state index contributed by atoms with van der Waals surface area (Å²) in [5, 5.41) is 9.71. The minimum Gasteiger partial charge on any atom is -0.391 e. The highest BCUT2D eigenvalue weighted by Crippen LogP contribution is 2.24. The molecule has 3 heterocycles. The van der Waals surface area contributed by atoms with E-state index in [1.165, 1.54) is 25.1 Å². The predicted molar refractivity (Wildman–Crippen MR) is 75.1 cm³/mol. The van der Waals surface area contributed by atoms with Crippen LogP contribution < -0.4 is 0 Å². The van der Waals surface area contributed by atoms with Crippen molar-refractivity contribution in [1.29, 1.82) is 0 Å². The average Bonchev–Trinajstić information content (AvgIpc) is 2.95. The van der Waals surface area contributed by atoms with Crippen LogP contribution in [0.3, 0.4) is 0 Å². The van der Waals surface area contributed by atoms with E-state index in [4.69, 9.17) is 4.98 Å². The van der Waals surface area contributed by atoms with Crippen LogP contribution in [0.4, 0.5) is 0 Å². The lowest BCUT2D eigenvalue weighted by molar-refractivity contribution is 0.130. The molecule has 1 N–H and O–H groups in total. The van der Waals surface area contributed by atoms with Gasteiger partial charge in [-0.2, -0.15) is 0 Å². The van der Waals surface area contributed by atoms with Crippen molar-refractivity contribution in [2.24, 2.45) is 0 Å². The summed E-state index contributed by atoms with van der Waals surface area (Å²) in [7, 11) is 0. The number of nitrogens with zero attached hydrogens (tertiary/aromatic N) is 3. The summed E-state index contributed by atoms with van der Waals surface area (Å²) in [6.07, 6.45) is 7.42. The zero-order valence-corrected chi connectivity index (χ0v) is 12.0. The molecule has 0 saturated carbocycles. The molecular formula is C15H25N3O. The van der Waals surface area contributed by atoms with E-state index < -0.39 is 0 Å². The number of aliphatic hydroxyl groups is 1. The fourth-order valence-electron chi connectivity index (χ4n) is 3.58. The Bertz CT molecular complexity index is 441. The molecule has 0 bridgehead atoms. The lowest BCUT2D eigenvalue weighted by Gasteiger charge is -2.27. The number of fused-ring (bicyclic) bond motifs is 1. The molecule has 1 saturated heterocycles. The van der Waals surface area contributed by atoms with Gasteiger partial charge in [0.05, 0.1) is 11.8 Å². The van der Waals surface area contributed by atoms with Crippen molar-refractivity contribution in [2.45, 2.75) is 70.7 Å². The smallest absolute Gasteiger partial charge is 0.109 e. The van der Waals surface area contributed by atoms with Gasteiger partial charge in [0.25, 0.3) is 0 Å². The highest BCUT2D eigenvalue weighted by atomic mass is 16.3. The fourth-order valence-corrected chi connectivity index (χ4v) is 3.58. The van der Waals surface area contributed by atoms with Gasteiger partial charge in [0.15, 0.2) is 0 Å². The number of aromatic nitrogens is 2. The molecule has 0 radical (unpaired) electrons. The van der Waals surface area contributed by atoms with Gasteiger partial charge in [-0.05, 0) is 39.7 Å². The van der Waals surface area contributed by atoms with Crippen molar-refractivity contribution in [2.75, 3.05) is 6.54 Å². The number of likely N-dealkylation sites (tertiary alicyclic amines) is 1. The van der Waals surface area contributed by atoms with Crippen molar-refractivity contribution in [3.63, 3.8) is 0 Å². The normalized spacial score (nSPS) is 28.0. The van der Waals surface area contributed by atoms with Gasteiger partial charge in [0.2, 0.25) is 0 Å². The van der Waals surface area contributed by atoms with Crippen molar-refractivity contribution in [3.05, 3.63) is 17.7 Å². The third-order valence-electron chi connectivity index (χ3n) is 4.55. The number of aliphatic hydroxyl groups excluding tert-OH is 1. The summed E-state index contributed by atoms with van der Waals surface area (Å²) < 4.78 is 2.15. The molecule has 0 aliphatic carbocycles. The maximum atomic E-state index is 9.71. The van der Waals surface area contributed by atoms with Crippen LogP contribution in [0.5, 0.6) is 0 Å². The van der Waals surface area contributed by atoms with E-state index >= 15 is 0 Å². The summed E-state index contributed by atoms with van der Waals surface area (Å²) in [5.41, 5.74) is 1.21. The highest BCUT2D eigenvalue weighted by molar-refractivity contribution is 5.09. The minimum atomic E-state index is -0.187. The van der Waals surface area contributed by atoms with E-state index in [9.17, 15) is 5.11 Å². The predicted octanol–water partition coefficient (Wildman–Crippen LogP) is 1.61. The van der Waals surface area contributed by atoms with Gasteiger partial charge in [-0.1, -0.05) is 0 Å². The Balaban J connectivity index is 1.70. The molecule has 19 heavy (non-hydrogen) atoms.